The molecule has 3 nitrogen and oxygen atoms in total. The van der Waals surface area contributed by atoms with E-state index < -0.39 is 5.60 Å². The maximum Gasteiger partial charge on any atom is 0.246 e. The van der Waals surface area contributed by atoms with Crippen molar-refractivity contribution in [3.63, 3.8) is 0 Å². The Kier molecular flexibility index (Phi) is 5.31. The summed E-state index contributed by atoms with van der Waals surface area (Å²) in [4.78, 5) is 14.0. The molecule has 1 unspecified atom stereocenters. The van der Waals surface area contributed by atoms with Gasteiger partial charge in [0.2, 0.25) is 5.91 Å². The molecule has 1 aliphatic heterocycles. The van der Waals surface area contributed by atoms with Gasteiger partial charge in [-0.15, -0.1) is 0 Å². The fraction of sp³-hybridized carbons (Fsp3) is 0.438. The Morgan fingerprint density at radius 2 is 2.05 bits per heavy atom. The summed E-state index contributed by atoms with van der Waals surface area (Å²) in [7, 11) is 0. The van der Waals surface area contributed by atoms with Gasteiger partial charge < -0.3 is 10.0 Å². The van der Waals surface area contributed by atoms with Crippen LogP contribution in [0.5, 0.6) is 0 Å². The van der Waals surface area contributed by atoms with Crippen molar-refractivity contribution in [2.45, 2.75) is 31.8 Å². The van der Waals surface area contributed by atoms with Crippen LogP contribution in [0.2, 0.25) is 10.0 Å². The van der Waals surface area contributed by atoms with E-state index in [-0.39, 0.29) is 5.91 Å². The van der Waals surface area contributed by atoms with Crippen LogP contribution in [0.3, 0.4) is 0 Å². The van der Waals surface area contributed by atoms with Crippen molar-refractivity contribution >= 4 is 35.2 Å². The maximum absolute atomic E-state index is 12.2. The number of likely N-dealkylation sites (tertiary alicyclic amines) is 1. The molecule has 0 aliphatic carbocycles. The molecule has 1 saturated heterocycles. The topological polar surface area (TPSA) is 40.5 Å². The monoisotopic (exact) mass is 327 g/mol. The van der Waals surface area contributed by atoms with Crippen molar-refractivity contribution < 1.29 is 9.90 Å². The highest BCUT2D eigenvalue weighted by Crippen LogP contribution is 2.24. The molecule has 21 heavy (non-hydrogen) atoms. The van der Waals surface area contributed by atoms with Gasteiger partial charge in [-0.2, -0.15) is 0 Å². The van der Waals surface area contributed by atoms with Crippen molar-refractivity contribution in [3.05, 3.63) is 39.9 Å². The molecule has 1 aromatic rings. The number of aliphatic hydroxyl groups is 1. The third-order valence-electron chi connectivity index (χ3n) is 3.74. The number of hydrogen-bond acceptors (Lipinski definition) is 2. The fourth-order valence-electron chi connectivity index (χ4n) is 2.37. The van der Waals surface area contributed by atoms with Gasteiger partial charge in [0, 0.05) is 19.2 Å². The molecular formula is C16H19Cl2NO2. The predicted molar refractivity (Wildman–Crippen MR) is 86.6 cm³/mol. The molecule has 1 amide bonds. The Hall–Kier alpha value is -1.03. The predicted octanol–water partition coefficient (Wildman–Crippen LogP) is 3.77. The molecule has 1 aliphatic rings. The summed E-state index contributed by atoms with van der Waals surface area (Å²) in [6, 6.07) is 5.24. The highest BCUT2D eigenvalue weighted by Gasteiger charge is 2.26. The number of halogens is 2. The van der Waals surface area contributed by atoms with Crippen molar-refractivity contribution in [1.29, 1.82) is 0 Å². The summed E-state index contributed by atoms with van der Waals surface area (Å²) >= 11 is 11.8. The van der Waals surface area contributed by atoms with Crippen molar-refractivity contribution in [2.24, 2.45) is 0 Å². The third kappa shape index (κ3) is 4.73. The molecule has 1 heterocycles. The molecule has 0 bridgehead atoms. The van der Waals surface area contributed by atoms with Crippen LogP contribution in [-0.2, 0) is 4.79 Å². The lowest BCUT2D eigenvalue weighted by molar-refractivity contribution is -0.126. The zero-order chi connectivity index (χ0) is 15.5. The van der Waals surface area contributed by atoms with E-state index in [1.807, 2.05) is 13.0 Å². The first kappa shape index (κ1) is 16.3. The number of hydrogen-bond donors (Lipinski definition) is 1. The Balaban J connectivity index is 2.00. The second-order valence-corrected chi connectivity index (χ2v) is 6.50. The normalized spacial score (nSPS) is 23.3. The van der Waals surface area contributed by atoms with Crippen LogP contribution in [0.15, 0.2) is 24.3 Å². The minimum absolute atomic E-state index is 0.0428. The molecular weight excluding hydrogens is 309 g/mol. The molecule has 0 aromatic heterocycles. The van der Waals surface area contributed by atoms with Crippen molar-refractivity contribution in [3.8, 4) is 0 Å². The number of benzene rings is 1. The molecule has 114 valence electrons. The largest absolute Gasteiger partial charge is 0.390 e. The lowest BCUT2D eigenvalue weighted by atomic mass is 9.98. The molecule has 1 atom stereocenters. The first-order chi connectivity index (χ1) is 9.87. The van der Waals surface area contributed by atoms with Crippen LogP contribution in [0.4, 0.5) is 0 Å². The maximum atomic E-state index is 12.2. The highest BCUT2D eigenvalue weighted by atomic mass is 35.5. The van der Waals surface area contributed by atoms with Gasteiger partial charge in [0.15, 0.2) is 0 Å². The van der Waals surface area contributed by atoms with E-state index in [0.717, 1.165) is 18.4 Å². The Bertz CT molecular complexity index is 555. The SMILES string of the molecule is CC1(O)CCCN(C(=O)/C=C/c2ccc(Cl)c(Cl)c2)CC1. The quantitative estimate of drug-likeness (QED) is 0.840. The van der Waals surface area contributed by atoms with Crippen LogP contribution in [0, 0.1) is 0 Å². The molecule has 2 rings (SSSR count). The molecule has 1 N–H and O–H groups in total. The molecule has 0 radical (unpaired) electrons. The minimum atomic E-state index is -0.664. The summed E-state index contributed by atoms with van der Waals surface area (Å²) < 4.78 is 0. The van der Waals surface area contributed by atoms with E-state index in [9.17, 15) is 9.90 Å². The van der Waals surface area contributed by atoms with Gasteiger partial charge in [-0.3, -0.25) is 4.79 Å². The standard InChI is InChI=1S/C16H19Cl2NO2/c1-16(21)7-2-9-19(10-8-16)15(20)6-4-12-3-5-13(17)14(18)11-12/h3-6,11,21H,2,7-10H2,1H3/b6-4+. The first-order valence-corrected chi connectivity index (χ1v) is 7.77. The molecule has 0 saturated carbocycles. The Morgan fingerprint density at radius 3 is 2.76 bits per heavy atom. The van der Waals surface area contributed by atoms with Gasteiger partial charge in [-0.05, 0) is 50.0 Å². The number of rotatable bonds is 2. The van der Waals surface area contributed by atoms with Gasteiger partial charge in [0.1, 0.15) is 0 Å². The summed E-state index contributed by atoms with van der Waals surface area (Å²) in [6.45, 7) is 3.09. The summed E-state index contributed by atoms with van der Waals surface area (Å²) in [6.07, 6.45) is 5.43. The molecule has 0 spiro atoms. The average molecular weight is 328 g/mol. The van der Waals surface area contributed by atoms with Crippen LogP contribution >= 0.6 is 23.2 Å². The highest BCUT2D eigenvalue weighted by molar-refractivity contribution is 6.42. The van der Waals surface area contributed by atoms with Crippen LogP contribution < -0.4 is 0 Å². The Morgan fingerprint density at radius 1 is 1.29 bits per heavy atom. The van der Waals surface area contributed by atoms with Gasteiger partial charge >= 0.3 is 0 Å². The Labute approximate surface area is 135 Å². The first-order valence-electron chi connectivity index (χ1n) is 7.02. The summed E-state index contributed by atoms with van der Waals surface area (Å²) in [5.41, 5.74) is 0.169. The lowest BCUT2D eigenvalue weighted by Gasteiger charge is -2.21. The van der Waals surface area contributed by atoms with Gasteiger partial charge in [0.25, 0.3) is 0 Å². The average Bonchev–Trinajstić information content (AvgIpc) is 2.61. The van der Waals surface area contributed by atoms with E-state index in [4.69, 9.17) is 23.2 Å². The second kappa shape index (κ2) is 6.82. The van der Waals surface area contributed by atoms with E-state index in [0.29, 0.717) is 29.6 Å². The van der Waals surface area contributed by atoms with E-state index in [1.54, 1.807) is 29.2 Å². The smallest absolute Gasteiger partial charge is 0.246 e. The number of carbonyl (C=O) groups is 1. The number of carbonyl (C=O) groups excluding carboxylic acids is 1. The van der Waals surface area contributed by atoms with E-state index in [2.05, 4.69) is 0 Å². The summed E-state index contributed by atoms with van der Waals surface area (Å²) in [5.74, 6) is -0.0428. The molecule has 5 heteroatoms. The zero-order valence-corrected chi connectivity index (χ0v) is 13.5. The van der Waals surface area contributed by atoms with E-state index in [1.165, 1.54) is 0 Å². The zero-order valence-electron chi connectivity index (χ0n) is 12.0. The minimum Gasteiger partial charge on any atom is -0.390 e. The van der Waals surface area contributed by atoms with Crippen LogP contribution in [0.1, 0.15) is 31.7 Å². The van der Waals surface area contributed by atoms with Crippen LogP contribution in [0.25, 0.3) is 6.08 Å². The van der Waals surface area contributed by atoms with Crippen molar-refractivity contribution in [2.75, 3.05) is 13.1 Å². The van der Waals surface area contributed by atoms with Gasteiger partial charge in [0.05, 0.1) is 15.6 Å². The van der Waals surface area contributed by atoms with Crippen LogP contribution in [-0.4, -0.2) is 34.6 Å². The second-order valence-electron chi connectivity index (χ2n) is 5.68. The molecule has 1 aromatic carbocycles. The van der Waals surface area contributed by atoms with Gasteiger partial charge in [-0.25, -0.2) is 0 Å². The third-order valence-corrected chi connectivity index (χ3v) is 4.48. The number of amides is 1. The van der Waals surface area contributed by atoms with Gasteiger partial charge in [-0.1, -0.05) is 29.3 Å². The molecule has 1 fully saturated rings. The van der Waals surface area contributed by atoms with E-state index >= 15 is 0 Å². The lowest BCUT2D eigenvalue weighted by Crippen LogP contribution is -2.32. The number of nitrogens with zero attached hydrogens (tertiary/aromatic N) is 1. The fourth-order valence-corrected chi connectivity index (χ4v) is 2.68. The van der Waals surface area contributed by atoms with Crippen molar-refractivity contribution in [1.82, 2.24) is 4.90 Å². The summed E-state index contributed by atoms with van der Waals surface area (Å²) in [5, 5.41) is 11.0.